The van der Waals surface area contributed by atoms with Crippen molar-refractivity contribution in [3.63, 3.8) is 0 Å². The number of fused-ring (bicyclic) bond motifs is 1. The summed E-state index contributed by atoms with van der Waals surface area (Å²) in [5.41, 5.74) is 3.44. The van der Waals surface area contributed by atoms with Crippen LogP contribution in [0.15, 0.2) is 54.6 Å². The average molecular weight is 378 g/mol. The van der Waals surface area contributed by atoms with Gasteiger partial charge in [-0.05, 0) is 25.0 Å². The van der Waals surface area contributed by atoms with Crippen molar-refractivity contribution in [2.45, 2.75) is 18.6 Å². The zero-order valence-electron chi connectivity index (χ0n) is 15.3. The largest absolute Gasteiger partial charge is 0.358 e. The highest BCUT2D eigenvalue weighted by Gasteiger charge is 2.29. The number of carbonyl (C=O) groups is 2. The number of para-hydroxylation sites is 1. The minimum Gasteiger partial charge on any atom is -0.358 e. The van der Waals surface area contributed by atoms with E-state index in [2.05, 4.69) is 17.1 Å². The molecule has 1 amide bonds. The molecule has 1 aliphatic heterocycles. The highest BCUT2D eigenvalue weighted by Crippen LogP contribution is 2.34. The standard InChI is InChI=1S/C22H22N2O2S/c1-15-20(17-9-5-6-10-18(17)23-15)21(25)22(26)24-12-11-19(27-14-13-24)16-7-3-2-4-8-16/h2-10,19,23H,11-14H2,1H3. The zero-order valence-corrected chi connectivity index (χ0v) is 16.1. The van der Waals surface area contributed by atoms with E-state index < -0.39 is 11.7 Å². The molecule has 0 aliphatic carbocycles. The molecule has 0 bridgehead atoms. The first-order valence-electron chi connectivity index (χ1n) is 9.22. The first-order chi connectivity index (χ1) is 13.1. The van der Waals surface area contributed by atoms with Crippen LogP contribution in [0.1, 0.15) is 33.3 Å². The van der Waals surface area contributed by atoms with Gasteiger partial charge >= 0.3 is 0 Å². The third-order valence-corrected chi connectivity index (χ3v) is 6.44. The normalized spacial score (nSPS) is 17.7. The molecule has 4 nitrogen and oxygen atoms in total. The maximum atomic E-state index is 13.0. The average Bonchev–Trinajstić information content (AvgIpc) is 2.87. The van der Waals surface area contributed by atoms with Crippen LogP contribution < -0.4 is 0 Å². The van der Waals surface area contributed by atoms with Crippen LogP contribution in [0.25, 0.3) is 10.9 Å². The molecule has 0 radical (unpaired) electrons. The van der Waals surface area contributed by atoms with Gasteiger partial charge in [-0.25, -0.2) is 0 Å². The second kappa shape index (κ2) is 7.61. The fourth-order valence-electron chi connectivity index (χ4n) is 3.73. The van der Waals surface area contributed by atoms with E-state index in [4.69, 9.17) is 0 Å². The number of H-pyrrole nitrogens is 1. The fourth-order valence-corrected chi connectivity index (χ4v) is 4.96. The third-order valence-electron chi connectivity index (χ3n) is 5.11. The summed E-state index contributed by atoms with van der Waals surface area (Å²) in [6.07, 6.45) is 0.862. The number of aromatic amines is 1. The minimum absolute atomic E-state index is 0.369. The van der Waals surface area contributed by atoms with E-state index in [-0.39, 0.29) is 0 Å². The highest BCUT2D eigenvalue weighted by atomic mass is 32.2. The number of carbonyl (C=O) groups excluding carboxylic acids is 2. The van der Waals surface area contributed by atoms with Crippen molar-refractivity contribution in [3.8, 4) is 0 Å². The molecule has 1 aliphatic rings. The molecule has 0 spiro atoms. The Hall–Kier alpha value is -2.53. The van der Waals surface area contributed by atoms with E-state index in [0.29, 0.717) is 23.9 Å². The second-order valence-electron chi connectivity index (χ2n) is 6.85. The van der Waals surface area contributed by atoms with Crippen LogP contribution in [0.4, 0.5) is 0 Å². The predicted octanol–water partition coefficient (Wildman–Crippen LogP) is 4.37. The molecular weight excluding hydrogens is 356 g/mol. The Labute approximate surface area is 162 Å². The summed E-state index contributed by atoms with van der Waals surface area (Å²) >= 11 is 1.86. The van der Waals surface area contributed by atoms with Gasteiger partial charge in [0.15, 0.2) is 0 Å². The molecule has 3 aromatic rings. The van der Waals surface area contributed by atoms with E-state index in [1.165, 1.54) is 5.56 Å². The maximum Gasteiger partial charge on any atom is 0.295 e. The number of nitrogens with zero attached hydrogens (tertiary/aromatic N) is 1. The number of amides is 1. The molecule has 1 aromatic heterocycles. The lowest BCUT2D eigenvalue weighted by Crippen LogP contribution is -2.38. The van der Waals surface area contributed by atoms with E-state index in [9.17, 15) is 9.59 Å². The summed E-state index contributed by atoms with van der Waals surface area (Å²) in [6, 6.07) is 18.0. The van der Waals surface area contributed by atoms with Gasteiger partial charge < -0.3 is 9.88 Å². The van der Waals surface area contributed by atoms with E-state index in [0.717, 1.165) is 28.8 Å². The van der Waals surface area contributed by atoms with Crippen LogP contribution in [0.5, 0.6) is 0 Å². The predicted molar refractivity (Wildman–Crippen MR) is 110 cm³/mol. The van der Waals surface area contributed by atoms with Crippen LogP contribution in [-0.2, 0) is 4.79 Å². The molecule has 1 unspecified atom stereocenters. The van der Waals surface area contributed by atoms with Crippen molar-refractivity contribution in [1.29, 1.82) is 0 Å². The molecule has 0 saturated carbocycles. The number of aryl methyl sites for hydroxylation is 1. The lowest BCUT2D eigenvalue weighted by atomic mass is 10.1. The van der Waals surface area contributed by atoms with Crippen molar-refractivity contribution in [3.05, 3.63) is 71.4 Å². The molecule has 2 heterocycles. The molecule has 5 heteroatoms. The van der Waals surface area contributed by atoms with Crippen molar-refractivity contribution in [2.24, 2.45) is 0 Å². The SMILES string of the molecule is Cc1[nH]c2ccccc2c1C(=O)C(=O)N1CCSC(c2ccccc2)CC1. The maximum absolute atomic E-state index is 13.0. The van der Waals surface area contributed by atoms with Crippen molar-refractivity contribution in [2.75, 3.05) is 18.8 Å². The highest BCUT2D eigenvalue weighted by molar-refractivity contribution is 7.99. The minimum atomic E-state index is -0.409. The summed E-state index contributed by atoms with van der Waals surface area (Å²) in [4.78, 5) is 30.9. The van der Waals surface area contributed by atoms with Gasteiger partial charge in [0.25, 0.3) is 11.7 Å². The lowest BCUT2D eigenvalue weighted by Gasteiger charge is -2.19. The van der Waals surface area contributed by atoms with Crippen molar-refractivity contribution < 1.29 is 9.59 Å². The number of hydrogen-bond donors (Lipinski definition) is 1. The number of hydrogen-bond acceptors (Lipinski definition) is 3. The Morgan fingerprint density at radius 3 is 2.59 bits per heavy atom. The molecule has 1 atom stereocenters. The van der Waals surface area contributed by atoms with Gasteiger partial charge in [0.2, 0.25) is 0 Å². The molecule has 1 N–H and O–H groups in total. The molecule has 138 valence electrons. The van der Waals surface area contributed by atoms with Gasteiger partial charge in [0.05, 0.1) is 5.56 Å². The van der Waals surface area contributed by atoms with Gasteiger partial charge in [-0.15, -0.1) is 0 Å². The summed E-state index contributed by atoms with van der Waals surface area (Å²) < 4.78 is 0. The van der Waals surface area contributed by atoms with Crippen LogP contribution in [0.3, 0.4) is 0 Å². The van der Waals surface area contributed by atoms with Gasteiger partial charge in [0.1, 0.15) is 0 Å². The van der Waals surface area contributed by atoms with E-state index in [1.807, 2.05) is 61.2 Å². The Balaban J connectivity index is 1.52. The molecule has 4 rings (SSSR count). The number of nitrogens with one attached hydrogen (secondary N) is 1. The first-order valence-corrected chi connectivity index (χ1v) is 10.3. The summed E-state index contributed by atoms with van der Waals surface area (Å²) in [5, 5.41) is 1.19. The number of rotatable bonds is 3. The van der Waals surface area contributed by atoms with Crippen LogP contribution in [-0.4, -0.2) is 40.4 Å². The van der Waals surface area contributed by atoms with Crippen molar-refractivity contribution >= 4 is 34.4 Å². The van der Waals surface area contributed by atoms with Crippen LogP contribution in [0, 0.1) is 6.92 Å². The van der Waals surface area contributed by atoms with Gasteiger partial charge in [-0.1, -0.05) is 48.5 Å². The second-order valence-corrected chi connectivity index (χ2v) is 8.16. The van der Waals surface area contributed by atoms with Gasteiger partial charge in [0, 0.05) is 40.7 Å². The number of Topliss-reactive ketones (excluding diaryl/α,β-unsaturated/α-hetero) is 1. The monoisotopic (exact) mass is 378 g/mol. The Kier molecular flexibility index (Phi) is 5.03. The number of thioether (sulfide) groups is 1. The third kappa shape index (κ3) is 3.52. The van der Waals surface area contributed by atoms with Gasteiger partial charge in [-0.3, -0.25) is 9.59 Å². The number of aromatic nitrogens is 1. The Morgan fingerprint density at radius 1 is 1.04 bits per heavy atom. The zero-order chi connectivity index (χ0) is 18.8. The first kappa shape index (κ1) is 17.9. The molecule has 2 aromatic carbocycles. The van der Waals surface area contributed by atoms with Crippen LogP contribution in [0.2, 0.25) is 0 Å². The smallest absolute Gasteiger partial charge is 0.295 e. The molecule has 1 fully saturated rings. The lowest BCUT2D eigenvalue weighted by molar-refractivity contribution is -0.126. The molecule has 27 heavy (non-hydrogen) atoms. The van der Waals surface area contributed by atoms with E-state index >= 15 is 0 Å². The topological polar surface area (TPSA) is 53.2 Å². The fraction of sp³-hybridized carbons (Fsp3) is 0.273. The van der Waals surface area contributed by atoms with Crippen molar-refractivity contribution in [1.82, 2.24) is 9.88 Å². The Bertz CT molecular complexity index is 980. The van der Waals surface area contributed by atoms with Crippen LogP contribution >= 0.6 is 11.8 Å². The summed E-state index contributed by atoms with van der Waals surface area (Å²) in [7, 11) is 0. The molecular formula is C22H22N2O2S. The van der Waals surface area contributed by atoms with E-state index in [1.54, 1.807) is 4.90 Å². The summed E-state index contributed by atoms with van der Waals surface area (Å²) in [6.45, 7) is 3.07. The number of benzene rings is 2. The Morgan fingerprint density at radius 2 is 1.78 bits per heavy atom. The van der Waals surface area contributed by atoms with Gasteiger partial charge in [-0.2, -0.15) is 11.8 Å². The number of ketones is 1. The quantitative estimate of drug-likeness (QED) is 0.544. The summed E-state index contributed by atoms with van der Waals surface area (Å²) in [5.74, 6) is 0.0381. The molecule has 1 saturated heterocycles.